The van der Waals surface area contributed by atoms with E-state index >= 15 is 0 Å². The molecule has 0 atom stereocenters. The Balaban J connectivity index is 1.37. The van der Waals surface area contributed by atoms with E-state index in [0.717, 1.165) is 15.7 Å². The molecule has 0 aromatic heterocycles. The summed E-state index contributed by atoms with van der Waals surface area (Å²) in [7, 11) is 0. The first kappa shape index (κ1) is 18.1. The van der Waals surface area contributed by atoms with Crippen molar-refractivity contribution in [2.75, 3.05) is 23.0 Å². The molecule has 2 amide bonds. The van der Waals surface area contributed by atoms with Crippen LogP contribution in [-0.4, -0.2) is 30.1 Å². The lowest BCUT2D eigenvalue weighted by molar-refractivity contribution is -0.119. The largest absolute Gasteiger partial charge is 0.452 e. The van der Waals surface area contributed by atoms with Gasteiger partial charge in [-0.3, -0.25) is 9.59 Å². The van der Waals surface area contributed by atoms with Crippen LogP contribution in [0.25, 0.3) is 10.8 Å². The Morgan fingerprint density at radius 3 is 2.71 bits per heavy atom. The first-order valence-electron chi connectivity index (χ1n) is 8.61. The first-order valence-corrected chi connectivity index (χ1v) is 9.59. The number of benzene rings is 3. The molecule has 0 bridgehead atoms. The van der Waals surface area contributed by atoms with Gasteiger partial charge in [-0.15, -0.1) is 11.8 Å². The maximum Gasteiger partial charge on any atom is 0.338 e. The van der Waals surface area contributed by atoms with E-state index in [1.165, 1.54) is 11.8 Å². The second-order valence-corrected chi connectivity index (χ2v) is 7.25. The fraction of sp³-hybridized carbons (Fsp3) is 0.0952. The number of ether oxygens (including phenoxy) is 1. The molecule has 0 aliphatic carbocycles. The van der Waals surface area contributed by atoms with Crippen LogP contribution >= 0.6 is 11.8 Å². The molecule has 0 radical (unpaired) electrons. The van der Waals surface area contributed by atoms with Gasteiger partial charge in [0.2, 0.25) is 5.91 Å². The van der Waals surface area contributed by atoms with E-state index in [-0.39, 0.29) is 11.5 Å². The molecule has 1 aliphatic heterocycles. The quantitative estimate of drug-likeness (QED) is 0.662. The number of amides is 2. The summed E-state index contributed by atoms with van der Waals surface area (Å²) in [5.74, 6) is -0.810. The highest BCUT2D eigenvalue weighted by molar-refractivity contribution is 8.00. The number of carbonyl (C=O) groups excluding carboxylic acids is 3. The second kappa shape index (κ2) is 7.74. The van der Waals surface area contributed by atoms with E-state index in [9.17, 15) is 14.4 Å². The molecule has 4 rings (SSSR count). The van der Waals surface area contributed by atoms with Gasteiger partial charge < -0.3 is 15.4 Å². The van der Waals surface area contributed by atoms with Crippen LogP contribution in [0.15, 0.2) is 65.6 Å². The molecular formula is C21H16N2O4S. The van der Waals surface area contributed by atoms with Gasteiger partial charge in [-0.1, -0.05) is 30.3 Å². The van der Waals surface area contributed by atoms with Crippen LogP contribution < -0.4 is 10.6 Å². The van der Waals surface area contributed by atoms with Crippen molar-refractivity contribution in [2.45, 2.75) is 4.90 Å². The average Bonchev–Trinajstić information content (AvgIpc) is 2.71. The van der Waals surface area contributed by atoms with Crippen LogP contribution in [0.5, 0.6) is 0 Å². The van der Waals surface area contributed by atoms with Gasteiger partial charge in [-0.2, -0.15) is 0 Å². The fourth-order valence-corrected chi connectivity index (χ4v) is 3.68. The van der Waals surface area contributed by atoms with Gasteiger partial charge in [0.05, 0.1) is 17.0 Å². The summed E-state index contributed by atoms with van der Waals surface area (Å²) < 4.78 is 5.10. The molecule has 1 aliphatic rings. The van der Waals surface area contributed by atoms with Crippen molar-refractivity contribution in [3.8, 4) is 0 Å². The summed E-state index contributed by atoms with van der Waals surface area (Å²) >= 11 is 1.41. The maximum atomic E-state index is 12.2. The lowest BCUT2D eigenvalue weighted by Gasteiger charge is -2.16. The molecule has 3 aromatic carbocycles. The predicted molar refractivity (Wildman–Crippen MR) is 109 cm³/mol. The minimum absolute atomic E-state index is 0.113. The molecule has 140 valence electrons. The molecule has 0 saturated heterocycles. The number of esters is 1. The Morgan fingerprint density at radius 1 is 1.04 bits per heavy atom. The van der Waals surface area contributed by atoms with Crippen molar-refractivity contribution >= 4 is 51.7 Å². The van der Waals surface area contributed by atoms with Gasteiger partial charge in [0, 0.05) is 10.6 Å². The molecular weight excluding hydrogens is 376 g/mol. The van der Waals surface area contributed by atoms with E-state index in [4.69, 9.17) is 4.74 Å². The molecule has 2 N–H and O–H groups in total. The topological polar surface area (TPSA) is 84.5 Å². The zero-order valence-corrected chi connectivity index (χ0v) is 15.5. The summed E-state index contributed by atoms with van der Waals surface area (Å²) in [6.45, 7) is -0.399. The van der Waals surface area contributed by atoms with Gasteiger partial charge in [-0.05, 0) is 41.1 Å². The van der Waals surface area contributed by atoms with Crippen LogP contribution in [0.1, 0.15) is 10.4 Å². The van der Waals surface area contributed by atoms with Gasteiger partial charge in [0.25, 0.3) is 5.91 Å². The van der Waals surface area contributed by atoms with Gasteiger partial charge in [0.15, 0.2) is 6.61 Å². The molecule has 0 saturated carbocycles. The Hall–Kier alpha value is -3.32. The molecule has 1 heterocycles. The standard InChI is InChI=1S/C21H16N2O4S/c24-19(22-16-7-5-13-3-1-2-4-14(13)9-16)11-27-21(26)15-6-8-18-17(10-15)23-20(25)12-28-18/h1-10H,11-12H2,(H,22,24)(H,23,25). The van der Waals surface area contributed by atoms with E-state index < -0.39 is 18.5 Å². The molecule has 3 aromatic rings. The highest BCUT2D eigenvalue weighted by Crippen LogP contribution is 2.32. The minimum atomic E-state index is -0.624. The average molecular weight is 392 g/mol. The Bertz CT molecular complexity index is 1100. The Kier molecular flexibility index (Phi) is 4.99. The maximum absolute atomic E-state index is 12.2. The fourth-order valence-electron chi connectivity index (χ4n) is 2.89. The van der Waals surface area contributed by atoms with Gasteiger partial charge in [0.1, 0.15) is 0 Å². The van der Waals surface area contributed by atoms with E-state index in [1.54, 1.807) is 24.3 Å². The van der Waals surface area contributed by atoms with Crippen molar-refractivity contribution in [1.29, 1.82) is 0 Å². The molecule has 0 spiro atoms. The van der Waals surface area contributed by atoms with Crippen LogP contribution in [0.3, 0.4) is 0 Å². The number of fused-ring (bicyclic) bond motifs is 2. The number of rotatable bonds is 4. The molecule has 0 unspecified atom stereocenters. The van der Waals surface area contributed by atoms with Crippen molar-refractivity contribution in [1.82, 2.24) is 0 Å². The van der Waals surface area contributed by atoms with E-state index in [2.05, 4.69) is 10.6 Å². The zero-order chi connectivity index (χ0) is 19.5. The van der Waals surface area contributed by atoms with Crippen LogP contribution in [-0.2, 0) is 14.3 Å². The predicted octanol–water partition coefficient (Wildman–Crippen LogP) is 3.68. The number of carbonyl (C=O) groups is 3. The smallest absolute Gasteiger partial charge is 0.338 e. The van der Waals surface area contributed by atoms with E-state index in [1.807, 2.05) is 36.4 Å². The van der Waals surface area contributed by atoms with Crippen molar-refractivity contribution < 1.29 is 19.1 Å². The molecule has 28 heavy (non-hydrogen) atoms. The summed E-state index contributed by atoms with van der Waals surface area (Å²) in [5.41, 5.74) is 1.49. The van der Waals surface area contributed by atoms with Crippen LogP contribution in [0, 0.1) is 0 Å². The normalized spacial score (nSPS) is 12.8. The van der Waals surface area contributed by atoms with Crippen molar-refractivity contribution in [3.05, 3.63) is 66.2 Å². The van der Waals surface area contributed by atoms with Crippen LogP contribution in [0.2, 0.25) is 0 Å². The third kappa shape index (κ3) is 3.99. The minimum Gasteiger partial charge on any atom is -0.452 e. The monoisotopic (exact) mass is 392 g/mol. The lowest BCUT2D eigenvalue weighted by atomic mass is 10.1. The number of anilines is 2. The van der Waals surface area contributed by atoms with Crippen LogP contribution in [0.4, 0.5) is 11.4 Å². The summed E-state index contributed by atoms with van der Waals surface area (Å²) in [6.07, 6.45) is 0. The third-order valence-corrected chi connectivity index (χ3v) is 5.29. The Labute approximate surface area is 165 Å². The first-order chi connectivity index (χ1) is 13.6. The lowest BCUT2D eigenvalue weighted by Crippen LogP contribution is -2.22. The van der Waals surface area contributed by atoms with Gasteiger partial charge >= 0.3 is 5.97 Å². The number of thioether (sulfide) groups is 1. The van der Waals surface area contributed by atoms with Crippen molar-refractivity contribution in [2.24, 2.45) is 0 Å². The third-order valence-electron chi connectivity index (χ3n) is 4.22. The summed E-state index contributed by atoms with van der Waals surface area (Å²) in [5, 5.41) is 7.52. The number of nitrogens with one attached hydrogen (secondary N) is 2. The highest BCUT2D eigenvalue weighted by Gasteiger charge is 2.18. The second-order valence-electron chi connectivity index (χ2n) is 6.23. The Morgan fingerprint density at radius 2 is 1.86 bits per heavy atom. The number of hydrogen-bond acceptors (Lipinski definition) is 5. The highest BCUT2D eigenvalue weighted by atomic mass is 32.2. The molecule has 7 heteroatoms. The van der Waals surface area contributed by atoms with E-state index in [0.29, 0.717) is 17.1 Å². The van der Waals surface area contributed by atoms with Crippen molar-refractivity contribution in [3.63, 3.8) is 0 Å². The molecule has 0 fully saturated rings. The molecule has 6 nitrogen and oxygen atoms in total. The SMILES string of the molecule is O=C(COC(=O)c1ccc2c(c1)NC(=O)CS2)Nc1ccc2ccccc2c1. The van der Waals surface area contributed by atoms with Gasteiger partial charge in [-0.25, -0.2) is 4.79 Å². The zero-order valence-electron chi connectivity index (χ0n) is 14.7. The summed E-state index contributed by atoms with van der Waals surface area (Å²) in [6, 6.07) is 18.3. The number of hydrogen-bond donors (Lipinski definition) is 2. The summed E-state index contributed by atoms with van der Waals surface area (Å²) in [4.78, 5) is 36.7.